The van der Waals surface area contributed by atoms with Crippen molar-refractivity contribution in [1.82, 2.24) is 9.71 Å². The van der Waals surface area contributed by atoms with Crippen LogP contribution in [-0.4, -0.2) is 31.0 Å². The van der Waals surface area contributed by atoms with Crippen molar-refractivity contribution in [3.05, 3.63) is 52.9 Å². The second-order valence-electron chi connectivity index (χ2n) is 7.18. The summed E-state index contributed by atoms with van der Waals surface area (Å²) in [4.78, 5) is 16.7. The third-order valence-electron chi connectivity index (χ3n) is 4.25. The van der Waals surface area contributed by atoms with Crippen molar-refractivity contribution in [2.45, 2.75) is 44.1 Å². The lowest BCUT2D eigenvalue weighted by molar-refractivity contribution is -0.118. The van der Waals surface area contributed by atoms with E-state index in [0.29, 0.717) is 24.4 Å². The first-order valence-electron chi connectivity index (χ1n) is 8.98. The number of nitrogens with one attached hydrogen (secondary N) is 2. The number of sulfonamides is 1. The molecule has 3 rings (SSSR count). The molecule has 0 saturated heterocycles. The average molecular weight is 442 g/mol. The highest BCUT2D eigenvalue weighted by Crippen LogP contribution is 2.37. The first kappa shape index (κ1) is 21.5. The number of aromatic nitrogens is 1. The average Bonchev–Trinajstić information content (AvgIpc) is 3.39. The topological polar surface area (TPSA) is 97.4 Å². The maximum atomic E-state index is 13.9. The van der Waals surface area contributed by atoms with Crippen molar-refractivity contribution < 1.29 is 22.3 Å². The van der Waals surface area contributed by atoms with Gasteiger partial charge in [0, 0.05) is 16.7 Å². The van der Waals surface area contributed by atoms with Gasteiger partial charge in [-0.2, -0.15) is 4.72 Å². The highest BCUT2D eigenvalue weighted by atomic mass is 35.5. The molecule has 1 heterocycles. The molecule has 1 aliphatic rings. The number of pyridine rings is 1. The van der Waals surface area contributed by atoms with Crippen molar-refractivity contribution >= 4 is 33.2 Å². The van der Waals surface area contributed by atoms with Gasteiger partial charge in [-0.15, -0.1) is 0 Å². The Kier molecular flexibility index (Phi) is 6.11. The summed E-state index contributed by atoms with van der Waals surface area (Å²) in [6, 6.07) is 7.00. The van der Waals surface area contributed by atoms with Gasteiger partial charge in [0.15, 0.2) is 0 Å². The summed E-state index contributed by atoms with van der Waals surface area (Å²) in [5.74, 6) is -1.37. The van der Waals surface area contributed by atoms with Crippen molar-refractivity contribution in [3.63, 3.8) is 0 Å². The number of carbonyl (C=O) groups excluding carboxylic acids is 1. The number of anilines is 1. The molecule has 0 spiro atoms. The normalized spacial score (nSPS) is 15.2. The molecule has 1 amide bonds. The monoisotopic (exact) mass is 441 g/mol. The van der Waals surface area contributed by atoms with Gasteiger partial charge in [0.05, 0.1) is 23.7 Å². The molecule has 0 atom stereocenters. The van der Waals surface area contributed by atoms with Crippen molar-refractivity contribution in [2.24, 2.45) is 0 Å². The summed E-state index contributed by atoms with van der Waals surface area (Å²) in [7, 11) is -3.95. The maximum Gasteiger partial charge on any atom is 0.245 e. The summed E-state index contributed by atoms with van der Waals surface area (Å²) in [6.45, 7) is 3.74. The van der Waals surface area contributed by atoms with Gasteiger partial charge in [0.2, 0.25) is 21.8 Å². The van der Waals surface area contributed by atoms with E-state index >= 15 is 0 Å². The van der Waals surface area contributed by atoms with Crippen LogP contribution in [0.15, 0.2) is 36.5 Å². The van der Waals surface area contributed by atoms with E-state index in [2.05, 4.69) is 15.0 Å². The molecule has 2 aromatic rings. The fourth-order valence-corrected chi connectivity index (χ4v) is 4.46. The van der Waals surface area contributed by atoms with E-state index in [1.807, 2.05) is 13.8 Å². The molecule has 0 radical (unpaired) electrons. The molecule has 2 N–H and O–H groups in total. The predicted molar refractivity (Wildman–Crippen MR) is 108 cm³/mol. The van der Waals surface area contributed by atoms with Crippen LogP contribution in [0.4, 0.5) is 10.1 Å². The third-order valence-corrected chi connectivity index (χ3v) is 5.87. The lowest BCUT2D eigenvalue weighted by Gasteiger charge is -2.18. The van der Waals surface area contributed by atoms with Gasteiger partial charge in [0.25, 0.3) is 0 Å². The number of amides is 1. The molecule has 7 nitrogen and oxygen atoms in total. The Morgan fingerprint density at radius 2 is 2.03 bits per heavy atom. The van der Waals surface area contributed by atoms with E-state index in [1.54, 1.807) is 12.1 Å². The van der Waals surface area contributed by atoms with Crippen molar-refractivity contribution in [1.29, 1.82) is 0 Å². The minimum Gasteiger partial charge on any atom is -0.475 e. The van der Waals surface area contributed by atoms with Crippen LogP contribution in [0.5, 0.6) is 5.88 Å². The zero-order chi connectivity index (χ0) is 21.2. The lowest BCUT2D eigenvalue weighted by Crippen LogP contribution is -2.46. The van der Waals surface area contributed by atoms with E-state index in [-0.39, 0.29) is 16.7 Å². The first-order valence-corrected chi connectivity index (χ1v) is 11.0. The predicted octanol–water partition coefficient (Wildman–Crippen LogP) is 3.25. The SMILES string of the molecule is CC(C)Oc1ccc(NC(=O)C2(NS(=O)(=O)Cc3ccc(Cl)cc3F)CC2)cn1. The Morgan fingerprint density at radius 3 is 2.59 bits per heavy atom. The highest BCUT2D eigenvalue weighted by Gasteiger charge is 2.52. The van der Waals surface area contributed by atoms with Gasteiger partial charge in [-0.1, -0.05) is 17.7 Å². The van der Waals surface area contributed by atoms with Crippen LogP contribution in [-0.2, 0) is 20.6 Å². The van der Waals surface area contributed by atoms with E-state index in [1.165, 1.54) is 18.3 Å². The number of hydrogen-bond donors (Lipinski definition) is 2. The van der Waals surface area contributed by atoms with Gasteiger partial charge in [-0.25, -0.2) is 17.8 Å². The number of hydrogen-bond acceptors (Lipinski definition) is 5. The number of benzene rings is 1. The molecule has 0 bridgehead atoms. The zero-order valence-corrected chi connectivity index (χ0v) is 17.5. The molecular formula is C19H21ClFN3O4S. The van der Waals surface area contributed by atoms with E-state index in [9.17, 15) is 17.6 Å². The van der Waals surface area contributed by atoms with E-state index in [4.69, 9.17) is 16.3 Å². The number of nitrogens with zero attached hydrogens (tertiary/aromatic N) is 1. The Morgan fingerprint density at radius 1 is 1.31 bits per heavy atom. The maximum absolute atomic E-state index is 13.9. The molecule has 0 aliphatic heterocycles. The summed E-state index contributed by atoms with van der Waals surface area (Å²) in [5, 5.41) is 2.83. The van der Waals surface area contributed by atoms with Crippen LogP contribution < -0.4 is 14.8 Å². The van der Waals surface area contributed by atoms with Crippen LogP contribution in [0.3, 0.4) is 0 Å². The van der Waals surface area contributed by atoms with Crippen LogP contribution in [0.25, 0.3) is 0 Å². The fraction of sp³-hybridized carbons (Fsp3) is 0.368. The Hall–Kier alpha value is -2.23. The summed E-state index contributed by atoms with van der Waals surface area (Å²) < 4.78 is 46.7. The molecule has 1 aromatic carbocycles. The number of carbonyl (C=O) groups is 1. The smallest absolute Gasteiger partial charge is 0.245 e. The summed E-state index contributed by atoms with van der Waals surface area (Å²) in [6.07, 6.45) is 2.10. The van der Waals surface area contributed by atoms with Crippen LogP contribution in [0.1, 0.15) is 32.3 Å². The number of ether oxygens (including phenoxy) is 1. The van der Waals surface area contributed by atoms with Crippen LogP contribution in [0, 0.1) is 5.82 Å². The fourth-order valence-electron chi connectivity index (χ4n) is 2.69. The second-order valence-corrected chi connectivity index (χ2v) is 9.34. The van der Waals surface area contributed by atoms with Crippen LogP contribution in [0.2, 0.25) is 5.02 Å². The zero-order valence-electron chi connectivity index (χ0n) is 15.9. The molecular weight excluding hydrogens is 421 g/mol. The Balaban J connectivity index is 1.65. The molecule has 0 unspecified atom stereocenters. The largest absolute Gasteiger partial charge is 0.475 e. The quantitative estimate of drug-likeness (QED) is 0.655. The second kappa shape index (κ2) is 8.25. The van der Waals surface area contributed by atoms with Crippen molar-refractivity contribution in [3.8, 4) is 5.88 Å². The minimum absolute atomic E-state index is 0.0250. The minimum atomic E-state index is -3.95. The van der Waals surface area contributed by atoms with Gasteiger partial charge in [-0.3, -0.25) is 4.79 Å². The molecule has 1 fully saturated rings. The van der Waals surface area contributed by atoms with Gasteiger partial charge in [0.1, 0.15) is 11.4 Å². The standard InChI is InChI=1S/C19H21ClFN3O4S/c1-12(2)28-17-6-5-15(10-22-17)23-18(25)19(7-8-19)24-29(26,27)11-13-3-4-14(20)9-16(13)21/h3-6,9-10,12,24H,7-8,11H2,1-2H3,(H,23,25). The molecule has 1 aromatic heterocycles. The first-order chi connectivity index (χ1) is 13.6. The summed E-state index contributed by atoms with van der Waals surface area (Å²) in [5.41, 5.74) is -0.849. The van der Waals surface area contributed by atoms with Crippen molar-refractivity contribution in [2.75, 3.05) is 5.32 Å². The number of halogens is 2. The van der Waals surface area contributed by atoms with Gasteiger partial charge < -0.3 is 10.1 Å². The van der Waals surface area contributed by atoms with Gasteiger partial charge in [-0.05, 0) is 44.9 Å². The van der Waals surface area contributed by atoms with E-state index in [0.717, 1.165) is 6.07 Å². The molecule has 10 heteroatoms. The molecule has 29 heavy (non-hydrogen) atoms. The third kappa shape index (κ3) is 5.65. The van der Waals surface area contributed by atoms with E-state index < -0.39 is 33.0 Å². The Bertz CT molecular complexity index is 1010. The van der Waals surface area contributed by atoms with Gasteiger partial charge >= 0.3 is 0 Å². The summed E-state index contributed by atoms with van der Waals surface area (Å²) >= 11 is 5.69. The Labute approximate surface area is 173 Å². The lowest BCUT2D eigenvalue weighted by atomic mass is 10.2. The molecule has 156 valence electrons. The highest BCUT2D eigenvalue weighted by molar-refractivity contribution is 7.88. The number of rotatable bonds is 8. The van der Waals surface area contributed by atoms with Crippen LogP contribution >= 0.6 is 11.6 Å². The molecule has 1 aliphatic carbocycles. The molecule has 1 saturated carbocycles.